The minimum Gasteiger partial charge on any atom is -0.299 e. The van der Waals surface area contributed by atoms with Gasteiger partial charge in [0.05, 0.1) is 0 Å². The Balaban J connectivity index is 2.07. The van der Waals surface area contributed by atoms with Gasteiger partial charge in [-0.3, -0.25) is 4.79 Å². The van der Waals surface area contributed by atoms with Gasteiger partial charge in [-0.05, 0) is 28.8 Å². The second kappa shape index (κ2) is 4.58. The molecule has 2 heteroatoms. The van der Waals surface area contributed by atoms with Crippen molar-refractivity contribution >= 4 is 17.4 Å². The van der Waals surface area contributed by atoms with Crippen molar-refractivity contribution in [2.24, 2.45) is 0 Å². The number of hydrogen-bond donors (Lipinski definition) is 0. The number of halogens is 1. The molecule has 1 nitrogen and oxygen atoms in total. The van der Waals surface area contributed by atoms with E-state index in [1.165, 1.54) is 11.1 Å². The van der Waals surface area contributed by atoms with Crippen molar-refractivity contribution in [1.29, 1.82) is 0 Å². The summed E-state index contributed by atoms with van der Waals surface area (Å²) >= 11 is 5.91. The van der Waals surface area contributed by atoms with E-state index in [2.05, 4.69) is 12.1 Å². The lowest BCUT2D eigenvalue weighted by Crippen LogP contribution is -2.19. The molecule has 18 heavy (non-hydrogen) atoms. The van der Waals surface area contributed by atoms with Crippen LogP contribution >= 0.6 is 11.6 Å². The third-order valence-corrected chi connectivity index (χ3v) is 3.77. The summed E-state index contributed by atoms with van der Waals surface area (Å²) in [7, 11) is 0. The van der Waals surface area contributed by atoms with Crippen LogP contribution in [0, 0.1) is 0 Å². The van der Waals surface area contributed by atoms with E-state index in [0.29, 0.717) is 18.6 Å². The number of hydrogen-bond acceptors (Lipinski definition) is 1. The zero-order chi connectivity index (χ0) is 12.5. The average Bonchev–Trinajstić information content (AvgIpc) is 2.38. The first-order valence-corrected chi connectivity index (χ1v) is 6.47. The van der Waals surface area contributed by atoms with Crippen LogP contribution in [0.1, 0.15) is 29.0 Å². The third kappa shape index (κ3) is 2.06. The van der Waals surface area contributed by atoms with E-state index >= 15 is 0 Å². The van der Waals surface area contributed by atoms with Crippen LogP contribution < -0.4 is 0 Å². The molecule has 0 saturated heterocycles. The molecule has 0 spiro atoms. The molecule has 0 heterocycles. The van der Waals surface area contributed by atoms with Crippen LogP contribution in [0.3, 0.4) is 0 Å². The number of ketones is 1. The molecule has 0 aromatic heterocycles. The van der Waals surface area contributed by atoms with E-state index < -0.39 is 0 Å². The number of fused-ring (bicyclic) bond motifs is 1. The highest BCUT2D eigenvalue weighted by Crippen LogP contribution is 2.35. The Morgan fingerprint density at radius 1 is 1.00 bits per heavy atom. The molecule has 0 unspecified atom stereocenters. The first kappa shape index (κ1) is 11.5. The zero-order valence-electron chi connectivity index (χ0n) is 9.90. The fourth-order valence-electron chi connectivity index (χ4n) is 2.65. The highest BCUT2D eigenvalue weighted by molar-refractivity contribution is 6.30. The van der Waals surface area contributed by atoms with Gasteiger partial charge in [0.1, 0.15) is 5.78 Å². The molecule has 0 saturated carbocycles. The highest BCUT2D eigenvalue weighted by atomic mass is 35.5. The van der Waals surface area contributed by atoms with Gasteiger partial charge in [-0.2, -0.15) is 0 Å². The van der Waals surface area contributed by atoms with Gasteiger partial charge in [0.15, 0.2) is 0 Å². The van der Waals surface area contributed by atoms with Crippen molar-refractivity contribution < 1.29 is 4.79 Å². The van der Waals surface area contributed by atoms with Gasteiger partial charge in [-0.1, -0.05) is 48.0 Å². The summed E-state index contributed by atoms with van der Waals surface area (Å²) in [6, 6.07) is 16.0. The smallest absolute Gasteiger partial charge is 0.138 e. The van der Waals surface area contributed by atoms with Crippen molar-refractivity contribution in [2.75, 3.05) is 0 Å². The molecule has 2 aromatic carbocycles. The number of rotatable bonds is 1. The monoisotopic (exact) mass is 256 g/mol. The average molecular weight is 257 g/mol. The summed E-state index contributed by atoms with van der Waals surface area (Å²) in [4.78, 5) is 11.9. The molecule has 1 aliphatic rings. The fraction of sp³-hybridized carbons (Fsp3) is 0.188. The number of Topliss-reactive ketones (excluding diaryl/α,β-unsaturated/α-hetero) is 1. The van der Waals surface area contributed by atoms with E-state index in [-0.39, 0.29) is 5.92 Å². The lowest BCUT2D eigenvalue weighted by atomic mass is 9.78. The summed E-state index contributed by atoms with van der Waals surface area (Å²) in [5.74, 6) is 0.494. The Bertz CT molecular complexity index is 586. The van der Waals surface area contributed by atoms with Gasteiger partial charge in [-0.25, -0.2) is 0 Å². The molecule has 0 N–H and O–H groups in total. The Labute approximate surface area is 111 Å². The maximum atomic E-state index is 11.9. The summed E-state index contributed by atoms with van der Waals surface area (Å²) in [5.41, 5.74) is 3.60. The Kier molecular flexibility index (Phi) is 2.92. The normalized spacial score (nSPS) is 18.5. The zero-order valence-corrected chi connectivity index (χ0v) is 10.7. The largest absolute Gasteiger partial charge is 0.299 e. The maximum absolute atomic E-state index is 11.9. The Morgan fingerprint density at radius 3 is 2.50 bits per heavy atom. The van der Waals surface area contributed by atoms with Crippen LogP contribution in [-0.4, -0.2) is 5.78 Å². The summed E-state index contributed by atoms with van der Waals surface area (Å²) in [6.07, 6.45) is 1.17. The first-order valence-electron chi connectivity index (χ1n) is 6.09. The molecule has 1 aliphatic carbocycles. The molecule has 0 fully saturated rings. The topological polar surface area (TPSA) is 17.1 Å². The molecule has 3 rings (SSSR count). The Hall–Kier alpha value is -1.60. The van der Waals surface area contributed by atoms with Crippen LogP contribution in [0.4, 0.5) is 0 Å². The predicted octanol–water partition coefficient (Wildman–Crippen LogP) is 3.99. The van der Waals surface area contributed by atoms with Crippen molar-refractivity contribution in [3.8, 4) is 0 Å². The summed E-state index contributed by atoms with van der Waals surface area (Å²) in [5, 5.41) is 0.731. The number of carbonyl (C=O) groups is 1. The number of carbonyl (C=O) groups excluding carboxylic acids is 1. The molecule has 0 aliphatic heterocycles. The summed E-state index contributed by atoms with van der Waals surface area (Å²) in [6.45, 7) is 0. The van der Waals surface area contributed by atoms with Crippen molar-refractivity contribution in [2.45, 2.75) is 18.8 Å². The van der Waals surface area contributed by atoms with Crippen LogP contribution in [0.2, 0.25) is 5.02 Å². The van der Waals surface area contributed by atoms with Gasteiger partial charge < -0.3 is 0 Å². The lowest BCUT2D eigenvalue weighted by molar-refractivity contribution is -0.119. The van der Waals surface area contributed by atoms with Crippen LogP contribution in [0.5, 0.6) is 0 Å². The van der Waals surface area contributed by atoms with Gasteiger partial charge in [0.2, 0.25) is 0 Å². The molecule has 1 atom stereocenters. The molecule has 0 amide bonds. The highest BCUT2D eigenvalue weighted by Gasteiger charge is 2.25. The third-order valence-electron chi connectivity index (χ3n) is 3.52. The van der Waals surface area contributed by atoms with Crippen molar-refractivity contribution in [3.63, 3.8) is 0 Å². The van der Waals surface area contributed by atoms with Gasteiger partial charge >= 0.3 is 0 Å². The van der Waals surface area contributed by atoms with Crippen molar-refractivity contribution in [3.05, 3.63) is 70.2 Å². The minimum atomic E-state index is 0.180. The molecule has 2 aromatic rings. The Morgan fingerprint density at radius 2 is 1.72 bits per heavy atom. The minimum absolute atomic E-state index is 0.180. The van der Waals surface area contributed by atoms with Crippen molar-refractivity contribution in [1.82, 2.24) is 0 Å². The van der Waals surface area contributed by atoms with E-state index in [4.69, 9.17) is 11.6 Å². The van der Waals surface area contributed by atoms with Crippen LogP contribution in [-0.2, 0) is 11.2 Å². The van der Waals surface area contributed by atoms with E-state index in [9.17, 15) is 4.79 Å². The van der Waals surface area contributed by atoms with Gasteiger partial charge in [0.25, 0.3) is 0 Å². The van der Waals surface area contributed by atoms with E-state index in [0.717, 1.165) is 10.6 Å². The molecule has 0 bridgehead atoms. The van der Waals surface area contributed by atoms with Crippen LogP contribution in [0.25, 0.3) is 0 Å². The second-order valence-corrected chi connectivity index (χ2v) is 5.16. The SMILES string of the molecule is O=C1Cc2ccccc2[C@H](c2ccc(Cl)cc2)C1. The quantitative estimate of drug-likeness (QED) is 0.754. The molecular formula is C16H13ClO. The fourth-order valence-corrected chi connectivity index (χ4v) is 2.78. The summed E-state index contributed by atoms with van der Waals surface area (Å²) < 4.78 is 0. The van der Waals surface area contributed by atoms with E-state index in [1.807, 2.05) is 36.4 Å². The van der Waals surface area contributed by atoms with E-state index in [1.54, 1.807) is 0 Å². The first-order chi connectivity index (χ1) is 8.74. The molecule has 90 valence electrons. The van der Waals surface area contributed by atoms with Gasteiger partial charge in [0, 0.05) is 23.8 Å². The lowest BCUT2D eigenvalue weighted by Gasteiger charge is -2.25. The maximum Gasteiger partial charge on any atom is 0.138 e. The molecular weight excluding hydrogens is 244 g/mol. The second-order valence-electron chi connectivity index (χ2n) is 4.72. The number of benzene rings is 2. The predicted molar refractivity (Wildman–Crippen MR) is 73.1 cm³/mol. The van der Waals surface area contributed by atoms with Crippen LogP contribution in [0.15, 0.2) is 48.5 Å². The molecule has 0 radical (unpaired) electrons. The van der Waals surface area contributed by atoms with Gasteiger partial charge in [-0.15, -0.1) is 0 Å². The standard InChI is InChI=1S/C16H13ClO/c17-13-7-5-11(6-8-13)16-10-14(18)9-12-3-1-2-4-15(12)16/h1-8,16H,9-10H2/t16-/m0/s1.